The van der Waals surface area contributed by atoms with Crippen LogP contribution >= 0.6 is 0 Å². The number of hydrogen-bond acceptors (Lipinski definition) is 3. The zero-order valence-corrected chi connectivity index (χ0v) is 17.4. The number of ether oxygens (including phenoxy) is 1. The lowest BCUT2D eigenvalue weighted by Gasteiger charge is -2.25. The number of aryl methyl sites for hydroxylation is 1. The van der Waals surface area contributed by atoms with Gasteiger partial charge in [0, 0.05) is 22.0 Å². The molecule has 0 spiro atoms. The molecule has 0 fully saturated rings. The molecule has 1 aromatic heterocycles. The van der Waals surface area contributed by atoms with Crippen LogP contribution in [0.25, 0.3) is 22.2 Å². The number of nitrogens with zero attached hydrogens (tertiary/aromatic N) is 1. The molecule has 0 bridgehead atoms. The Hall–Kier alpha value is -3.86. The van der Waals surface area contributed by atoms with Crippen molar-refractivity contribution in [2.24, 2.45) is 0 Å². The minimum atomic E-state index is -0.442. The van der Waals surface area contributed by atoms with E-state index in [2.05, 4.69) is 42.2 Å². The van der Waals surface area contributed by atoms with Gasteiger partial charge in [0.1, 0.15) is 6.54 Å². The summed E-state index contributed by atoms with van der Waals surface area (Å²) < 4.78 is 4.90. The molecule has 154 valence electrons. The molecule has 2 heterocycles. The van der Waals surface area contributed by atoms with Crippen molar-refractivity contribution in [2.45, 2.75) is 13.0 Å². The number of fused-ring (bicyclic) bond motifs is 2. The Morgan fingerprint density at radius 1 is 1.00 bits per heavy atom. The summed E-state index contributed by atoms with van der Waals surface area (Å²) in [6, 6.07) is 23.6. The van der Waals surface area contributed by atoms with E-state index in [0.717, 1.165) is 33.3 Å². The third-order valence-electron chi connectivity index (χ3n) is 5.95. The third kappa shape index (κ3) is 3.10. The topological polar surface area (TPSA) is 62.4 Å². The summed E-state index contributed by atoms with van der Waals surface area (Å²) in [4.78, 5) is 30.7. The molecule has 4 aromatic rings. The number of para-hydroxylation sites is 1. The van der Waals surface area contributed by atoms with Gasteiger partial charge in [0.2, 0.25) is 0 Å². The van der Waals surface area contributed by atoms with Crippen LogP contribution < -0.4 is 0 Å². The second kappa shape index (κ2) is 7.43. The fourth-order valence-electron chi connectivity index (χ4n) is 4.44. The van der Waals surface area contributed by atoms with Crippen LogP contribution in [-0.2, 0) is 9.53 Å². The van der Waals surface area contributed by atoms with E-state index in [4.69, 9.17) is 4.74 Å². The van der Waals surface area contributed by atoms with Gasteiger partial charge in [-0.2, -0.15) is 0 Å². The van der Waals surface area contributed by atoms with Crippen molar-refractivity contribution in [1.82, 2.24) is 9.88 Å². The van der Waals surface area contributed by atoms with Crippen molar-refractivity contribution in [2.75, 3.05) is 13.7 Å². The molecule has 0 radical (unpaired) electrons. The molecule has 1 atom stereocenters. The summed E-state index contributed by atoms with van der Waals surface area (Å²) in [6.45, 7) is 1.95. The smallest absolute Gasteiger partial charge is 0.325 e. The molecule has 0 unspecified atom stereocenters. The SMILES string of the molecule is COC(=O)CN1C(=O)c2ccccc2[C@@H]1c1c(-c2ccc(C)cc2)[nH]c2ccccc12. The van der Waals surface area contributed by atoms with E-state index in [9.17, 15) is 9.59 Å². The first kappa shape index (κ1) is 19.1. The first-order valence-electron chi connectivity index (χ1n) is 10.2. The van der Waals surface area contributed by atoms with E-state index in [1.165, 1.54) is 12.7 Å². The lowest BCUT2D eigenvalue weighted by molar-refractivity contribution is -0.141. The number of amides is 1. The molecule has 1 N–H and O–H groups in total. The Morgan fingerprint density at radius 2 is 1.71 bits per heavy atom. The minimum absolute atomic E-state index is 0.110. The molecule has 5 rings (SSSR count). The second-order valence-electron chi connectivity index (χ2n) is 7.82. The predicted octanol–water partition coefficient (Wildman–Crippen LogP) is 4.86. The lowest BCUT2D eigenvalue weighted by Crippen LogP contribution is -2.34. The van der Waals surface area contributed by atoms with Gasteiger partial charge in [0.15, 0.2) is 0 Å². The monoisotopic (exact) mass is 410 g/mol. The van der Waals surface area contributed by atoms with Crippen molar-refractivity contribution in [3.63, 3.8) is 0 Å². The van der Waals surface area contributed by atoms with E-state index in [0.29, 0.717) is 5.56 Å². The second-order valence-corrected chi connectivity index (χ2v) is 7.82. The maximum absolute atomic E-state index is 13.3. The van der Waals surface area contributed by atoms with E-state index in [-0.39, 0.29) is 12.5 Å². The zero-order valence-electron chi connectivity index (χ0n) is 17.4. The van der Waals surface area contributed by atoms with Gasteiger partial charge in [-0.05, 0) is 30.2 Å². The van der Waals surface area contributed by atoms with Crippen LogP contribution in [0.2, 0.25) is 0 Å². The van der Waals surface area contributed by atoms with Crippen LogP contribution in [0.5, 0.6) is 0 Å². The Balaban J connectivity index is 1.78. The van der Waals surface area contributed by atoms with Gasteiger partial charge in [0.05, 0.1) is 18.8 Å². The van der Waals surface area contributed by atoms with Crippen LogP contribution in [0.1, 0.15) is 33.1 Å². The van der Waals surface area contributed by atoms with Crippen molar-refractivity contribution >= 4 is 22.8 Å². The van der Waals surface area contributed by atoms with Gasteiger partial charge in [-0.15, -0.1) is 0 Å². The van der Waals surface area contributed by atoms with Gasteiger partial charge in [-0.25, -0.2) is 0 Å². The quantitative estimate of drug-likeness (QED) is 0.489. The normalized spacial score (nSPS) is 15.4. The van der Waals surface area contributed by atoms with Crippen molar-refractivity contribution < 1.29 is 14.3 Å². The summed E-state index contributed by atoms with van der Waals surface area (Å²) >= 11 is 0. The number of hydrogen-bond donors (Lipinski definition) is 1. The highest BCUT2D eigenvalue weighted by atomic mass is 16.5. The number of methoxy groups -OCH3 is 1. The lowest BCUT2D eigenvalue weighted by atomic mass is 9.93. The summed E-state index contributed by atoms with van der Waals surface area (Å²) in [7, 11) is 1.34. The molecular formula is C26H22N2O3. The van der Waals surface area contributed by atoms with Crippen LogP contribution in [0, 0.1) is 6.92 Å². The van der Waals surface area contributed by atoms with Gasteiger partial charge < -0.3 is 14.6 Å². The Kier molecular flexibility index (Phi) is 4.59. The molecule has 31 heavy (non-hydrogen) atoms. The third-order valence-corrected chi connectivity index (χ3v) is 5.95. The number of aromatic nitrogens is 1. The maximum Gasteiger partial charge on any atom is 0.325 e. The van der Waals surface area contributed by atoms with E-state index < -0.39 is 12.0 Å². The highest BCUT2D eigenvalue weighted by Crippen LogP contribution is 2.45. The number of carbonyl (C=O) groups is 2. The average molecular weight is 410 g/mol. The molecule has 5 nitrogen and oxygen atoms in total. The molecular weight excluding hydrogens is 388 g/mol. The standard InChI is InChI=1S/C26H22N2O3/c1-16-11-13-17(14-12-16)24-23(20-9-5-6-10-21(20)27-24)25-18-7-3-4-8-19(18)26(30)28(25)15-22(29)31-2/h3-14,25,27H,15H2,1-2H3/t25-/m1/s1. The number of benzene rings is 3. The molecule has 3 aromatic carbocycles. The van der Waals surface area contributed by atoms with E-state index >= 15 is 0 Å². The van der Waals surface area contributed by atoms with E-state index in [1.54, 1.807) is 4.90 Å². The summed E-state index contributed by atoms with van der Waals surface area (Å²) in [5.74, 6) is -0.603. The molecule has 1 amide bonds. The first-order valence-corrected chi connectivity index (χ1v) is 10.2. The molecule has 5 heteroatoms. The first-order chi connectivity index (χ1) is 15.1. The Bertz CT molecular complexity index is 1300. The number of H-pyrrole nitrogens is 1. The van der Waals surface area contributed by atoms with Crippen LogP contribution in [0.15, 0.2) is 72.8 Å². The molecule has 1 aliphatic rings. The summed E-state index contributed by atoms with van der Waals surface area (Å²) in [5, 5.41) is 1.03. The molecule has 0 saturated heterocycles. The summed E-state index contributed by atoms with van der Waals surface area (Å²) in [5.41, 5.74) is 6.66. The summed E-state index contributed by atoms with van der Waals surface area (Å²) in [6.07, 6.45) is 0. The number of rotatable bonds is 4. The van der Waals surface area contributed by atoms with Gasteiger partial charge in [0.25, 0.3) is 5.91 Å². The zero-order chi connectivity index (χ0) is 21.5. The maximum atomic E-state index is 13.3. The van der Waals surface area contributed by atoms with Crippen molar-refractivity contribution in [3.8, 4) is 11.3 Å². The molecule has 1 aliphatic heterocycles. The van der Waals surface area contributed by atoms with Crippen LogP contribution in [-0.4, -0.2) is 35.4 Å². The number of esters is 1. The minimum Gasteiger partial charge on any atom is -0.468 e. The largest absolute Gasteiger partial charge is 0.468 e. The van der Waals surface area contributed by atoms with Gasteiger partial charge in [-0.1, -0.05) is 66.2 Å². The number of nitrogens with one attached hydrogen (secondary N) is 1. The Morgan fingerprint density at radius 3 is 2.48 bits per heavy atom. The van der Waals surface area contributed by atoms with E-state index in [1.807, 2.05) is 42.5 Å². The molecule has 0 aliphatic carbocycles. The predicted molar refractivity (Wildman–Crippen MR) is 120 cm³/mol. The Labute approximate surface area is 180 Å². The van der Waals surface area contributed by atoms with Crippen molar-refractivity contribution in [1.29, 1.82) is 0 Å². The van der Waals surface area contributed by atoms with Crippen LogP contribution in [0.4, 0.5) is 0 Å². The van der Waals surface area contributed by atoms with Gasteiger partial charge >= 0.3 is 5.97 Å². The number of aromatic amines is 1. The highest BCUT2D eigenvalue weighted by Gasteiger charge is 2.41. The fourth-order valence-corrected chi connectivity index (χ4v) is 4.44. The van der Waals surface area contributed by atoms with Crippen LogP contribution in [0.3, 0.4) is 0 Å². The highest BCUT2D eigenvalue weighted by molar-refractivity contribution is 6.03. The van der Waals surface area contributed by atoms with Crippen molar-refractivity contribution in [3.05, 3.63) is 95.1 Å². The fraction of sp³-hybridized carbons (Fsp3) is 0.154. The number of carbonyl (C=O) groups excluding carboxylic acids is 2. The average Bonchev–Trinajstić information content (AvgIpc) is 3.30. The molecule has 0 saturated carbocycles. The van der Waals surface area contributed by atoms with Gasteiger partial charge in [-0.3, -0.25) is 9.59 Å².